The van der Waals surface area contributed by atoms with Gasteiger partial charge >= 0.3 is 0 Å². The molecule has 0 radical (unpaired) electrons. The predicted molar refractivity (Wildman–Crippen MR) is 98.7 cm³/mol. The molecule has 3 aromatic carbocycles. The van der Waals surface area contributed by atoms with Crippen molar-refractivity contribution in [2.75, 3.05) is 11.9 Å². The van der Waals surface area contributed by atoms with E-state index in [1.54, 1.807) is 12.1 Å². The van der Waals surface area contributed by atoms with Gasteiger partial charge in [-0.3, -0.25) is 4.79 Å². The van der Waals surface area contributed by atoms with Gasteiger partial charge < -0.3 is 5.32 Å². The number of anilines is 1. The van der Waals surface area contributed by atoms with Crippen molar-refractivity contribution >= 4 is 32.4 Å². The summed E-state index contributed by atoms with van der Waals surface area (Å²) in [5.74, 6) is -2.62. The van der Waals surface area contributed by atoms with Crippen LogP contribution in [0.5, 0.6) is 0 Å². The number of hydrogen-bond acceptors (Lipinski definition) is 3. The first kappa shape index (κ1) is 18.9. The minimum absolute atomic E-state index is 0.0938. The maximum Gasteiger partial charge on any atom is 0.240 e. The number of carbonyl (C=O) groups is 1. The summed E-state index contributed by atoms with van der Waals surface area (Å²) < 4.78 is 53.1. The Kier molecular flexibility index (Phi) is 5.48. The molecule has 0 spiro atoms. The fourth-order valence-corrected chi connectivity index (χ4v) is 3.58. The van der Waals surface area contributed by atoms with Crippen LogP contribution in [0.2, 0.25) is 0 Å². The molecule has 5 nitrogen and oxygen atoms in total. The zero-order chi connectivity index (χ0) is 19.4. The molecule has 3 rings (SSSR count). The van der Waals surface area contributed by atoms with E-state index < -0.39 is 27.6 Å². The molecule has 0 aliphatic heterocycles. The van der Waals surface area contributed by atoms with E-state index in [0.717, 1.165) is 22.9 Å². The highest BCUT2D eigenvalue weighted by Crippen LogP contribution is 2.19. The standard InChI is InChI=1S/C19H16F2N2O3S/c20-17-8-6-15(12-18(17)21)23-19(24)9-10-22-27(25,26)16-7-5-13-3-1-2-4-14(13)11-16/h1-8,11-12,22H,9-10H2,(H,23,24). The van der Waals surface area contributed by atoms with E-state index in [2.05, 4.69) is 10.0 Å². The number of rotatable bonds is 6. The van der Waals surface area contributed by atoms with Crippen molar-refractivity contribution in [2.24, 2.45) is 0 Å². The molecule has 3 aromatic rings. The molecule has 0 saturated heterocycles. The van der Waals surface area contributed by atoms with Crippen LogP contribution in [0.25, 0.3) is 10.8 Å². The van der Waals surface area contributed by atoms with Crippen LogP contribution >= 0.6 is 0 Å². The van der Waals surface area contributed by atoms with Gasteiger partial charge in [0, 0.05) is 24.7 Å². The van der Waals surface area contributed by atoms with Crippen LogP contribution in [0, 0.1) is 11.6 Å². The number of fused-ring (bicyclic) bond motifs is 1. The molecule has 140 valence electrons. The Morgan fingerprint density at radius 1 is 0.889 bits per heavy atom. The Labute approximate surface area is 155 Å². The minimum Gasteiger partial charge on any atom is -0.326 e. The van der Waals surface area contributed by atoms with Gasteiger partial charge in [0.1, 0.15) is 0 Å². The number of carbonyl (C=O) groups excluding carboxylic acids is 1. The fourth-order valence-electron chi connectivity index (χ4n) is 2.51. The van der Waals surface area contributed by atoms with E-state index in [4.69, 9.17) is 0 Å². The number of hydrogen-bond donors (Lipinski definition) is 2. The van der Waals surface area contributed by atoms with E-state index in [0.29, 0.717) is 0 Å². The largest absolute Gasteiger partial charge is 0.326 e. The van der Waals surface area contributed by atoms with Gasteiger partial charge in [0.15, 0.2) is 11.6 Å². The Hall–Kier alpha value is -2.84. The molecule has 0 atom stereocenters. The van der Waals surface area contributed by atoms with Crippen LogP contribution in [-0.4, -0.2) is 20.9 Å². The van der Waals surface area contributed by atoms with Gasteiger partial charge in [-0.1, -0.05) is 30.3 Å². The molecule has 2 N–H and O–H groups in total. The molecule has 0 aliphatic rings. The third-order valence-corrected chi connectivity index (χ3v) is 5.34. The number of sulfonamides is 1. The van der Waals surface area contributed by atoms with Crippen LogP contribution in [0.1, 0.15) is 6.42 Å². The van der Waals surface area contributed by atoms with Crippen molar-refractivity contribution in [2.45, 2.75) is 11.3 Å². The molecule has 27 heavy (non-hydrogen) atoms. The molecular weight excluding hydrogens is 374 g/mol. The summed E-state index contributed by atoms with van der Waals surface area (Å²) in [6, 6.07) is 15.1. The van der Waals surface area contributed by atoms with Crippen molar-refractivity contribution < 1.29 is 22.0 Å². The van der Waals surface area contributed by atoms with Gasteiger partial charge in [-0.25, -0.2) is 21.9 Å². The van der Waals surface area contributed by atoms with Gasteiger partial charge in [0.2, 0.25) is 15.9 Å². The second-order valence-electron chi connectivity index (χ2n) is 5.83. The van der Waals surface area contributed by atoms with Gasteiger partial charge in [0.05, 0.1) is 4.90 Å². The summed E-state index contributed by atoms with van der Waals surface area (Å²) in [7, 11) is -3.77. The normalized spacial score (nSPS) is 11.5. The van der Waals surface area contributed by atoms with E-state index >= 15 is 0 Å². The average Bonchev–Trinajstić information content (AvgIpc) is 2.64. The maximum atomic E-state index is 13.1. The van der Waals surface area contributed by atoms with Gasteiger partial charge in [-0.2, -0.15) is 0 Å². The number of halogens is 2. The van der Waals surface area contributed by atoms with Crippen LogP contribution in [0.4, 0.5) is 14.5 Å². The number of nitrogens with one attached hydrogen (secondary N) is 2. The van der Waals surface area contributed by atoms with Crippen molar-refractivity contribution in [3.8, 4) is 0 Å². The highest BCUT2D eigenvalue weighted by atomic mass is 32.2. The van der Waals surface area contributed by atoms with Crippen molar-refractivity contribution in [3.05, 3.63) is 72.3 Å². The lowest BCUT2D eigenvalue weighted by molar-refractivity contribution is -0.116. The Morgan fingerprint density at radius 2 is 1.63 bits per heavy atom. The molecule has 8 heteroatoms. The smallest absolute Gasteiger partial charge is 0.240 e. The lowest BCUT2D eigenvalue weighted by atomic mass is 10.1. The molecule has 0 aromatic heterocycles. The molecular formula is C19H16F2N2O3S. The maximum absolute atomic E-state index is 13.1. The van der Waals surface area contributed by atoms with Gasteiger partial charge in [-0.05, 0) is 35.0 Å². The SMILES string of the molecule is O=C(CCNS(=O)(=O)c1ccc2ccccc2c1)Nc1ccc(F)c(F)c1. The second-order valence-corrected chi connectivity index (χ2v) is 7.60. The Morgan fingerprint density at radius 3 is 2.37 bits per heavy atom. The fraction of sp³-hybridized carbons (Fsp3) is 0.105. The first-order valence-corrected chi connectivity index (χ1v) is 9.57. The summed E-state index contributed by atoms with van der Waals surface area (Å²) in [4.78, 5) is 11.9. The lowest BCUT2D eigenvalue weighted by Gasteiger charge is -2.09. The van der Waals surface area contributed by atoms with Crippen LogP contribution < -0.4 is 10.0 Å². The van der Waals surface area contributed by atoms with E-state index in [9.17, 15) is 22.0 Å². The van der Waals surface area contributed by atoms with Crippen molar-refractivity contribution in [1.82, 2.24) is 4.72 Å². The van der Waals surface area contributed by atoms with Crippen molar-refractivity contribution in [3.63, 3.8) is 0 Å². The molecule has 0 heterocycles. The van der Waals surface area contributed by atoms with Crippen molar-refractivity contribution in [1.29, 1.82) is 0 Å². The van der Waals surface area contributed by atoms with E-state index in [1.807, 2.05) is 24.3 Å². The van der Waals surface area contributed by atoms with Gasteiger partial charge in [-0.15, -0.1) is 0 Å². The zero-order valence-corrected chi connectivity index (χ0v) is 14.9. The van der Waals surface area contributed by atoms with Crippen LogP contribution in [0.15, 0.2) is 65.6 Å². The summed E-state index contributed by atoms with van der Waals surface area (Å²) >= 11 is 0. The summed E-state index contributed by atoms with van der Waals surface area (Å²) in [6.07, 6.45) is -0.161. The number of amides is 1. The number of benzene rings is 3. The lowest BCUT2D eigenvalue weighted by Crippen LogP contribution is -2.27. The highest BCUT2D eigenvalue weighted by Gasteiger charge is 2.15. The van der Waals surface area contributed by atoms with Gasteiger partial charge in [0.25, 0.3) is 0 Å². The third-order valence-electron chi connectivity index (χ3n) is 3.88. The summed E-state index contributed by atoms with van der Waals surface area (Å²) in [5, 5.41) is 4.09. The highest BCUT2D eigenvalue weighted by molar-refractivity contribution is 7.89. The van der Waals surface area contributed by atoms with Crippen LogP contribution in [-0.2, 0) is 14.8 Å². The molecule has 0 saturated carbocycles. The summed E-state index contributed by atoms with van der Waals surface area (Å²) in [5.41, 5.74) is 0.0938. The second kappa shape index (κ2) is 7.81. The monoisotopic (exact) mass is 390 g/mol. The molecule has 1 amide bonds. The van der Waals surface area contributed by atoms with E-state index in [-0.39, 0.29) is 23.5 Å². The first-order valence-electron chi connectivity index (χ1n) is 8.08. The topological polar surface area (TPSA) is 75.3 Å². The third kappa shape index (κ3) is 4.66. The molecule has 0 unspecified atom stereocenters. The Balaban J connectivity index is 1.59. The minimum atomic E-state index is -3.77. The first-order chi connectivity index (χ1) is 12.8. The molecule has 0 fully saturated rings. The average molecular weight is 390 g/mol. The van der Waals surface area contributed by atoms with Crippen LogP contribution in [0.3, 0.4) is 0 Å². The molecule has 0 bridgehead atoms. The summed E-state index contributed by atoms with van der Waals surface area (Å²) in [6.45, 7) is -0.134. The van der Waals surface area contributed by atoms with E-state index in [1.165, 1.54) is 12.1 Å². The predicted octanol–water partition coefficient (Wildman–Crippen LogP) is 3.43. The quantitative estimate of drug-likeness (QED) is 0.677. The molecule has 0 aliphatic carbocycles. The Bertz CT molecular complexity index is 1100. The zero-order valence-electron chi connectivity index (χ0n) is 14.1.